The minimum Gasteiger partial charge on any atom is -0.465 e. The highest BCUT2D eigenvalue weighted by Crippen LogP contribution is 2.17. The molecule has 0 unspecified atom stereocenters. The second-order valence-corrected chi connectivity index (χ2v) is 3.56. The van der Waals surface area contributed by atoms with E-state index in [2.05, 4.69) is 5.16 Å². The number of aromatic nitrogens is 1. The van der Waals surface area contributed by atoms with E-state index in [4.69, 9.17) is 9.63 Å². The van der Waals surface area contributed by atoms with Crippen LogP contribution in [0.1, 0.15) is 5.69 Å². The van der Waals surface area contributed by atoms with E-state index >= 15 is 0 Å². The zero-order valence-electron chi connectivity index (χ0n) is 8.51. The van der Waals surface area contributed by atoms with Crippen LogP contribution in [0.15, 0.2) is 10.6 Å². The number of piperazine rings is 1. The molecule has 0 atom stereocenters. The molecule has 1 saturated heterocycles. The minimum atomic E-state index is -0.858. The van der Waals surface area contributed by atoms with E-state index in [1.807, 2.05) is 17.9 Å². The van der Waals surface area contributed by atoms with Gasteiger partial charge in [0.05, 0.1) is 5.69 Å². The number of anilines is 1. The Labute approximate surface area is 87.1 Å². The Hall–Kier alpha value is -1.72. The molecule has 0 bridgehead atoms. The first-order valence-electron chi connectivity index (χ1n) is 4.83. The molecule has 6 heteroatoms. The number of aryl methyl sites for hydroxylation is 1. The van der Waals surface area contributed by atoms with Crippen LogP contribution < -0.4 is 4.90 Å². The molecule has 6 nitrogen and oxygen atoms in total. The van der Waals surface area contributed by atoms with Gasteiger partial charge in [-0.25, -0.2) is 4.79 Å². The van der Waals surface area contributed by atoms with Gasteiger partial charge < -0.3 is 19.4 Å². The molecule has 1 N–H and O–H groups in total. The van der Waals surface area contributed by atoms with Gasteiger partial charge in [-0.15, -0.1) is 0 Å². The number of amides is 1. The van der Waals surface area contributed by atoms with Crippen LogP contribution in [0.2, 0.25) is 0 Å². The molecule has 1 aromatic rings. The predicted molar refractivity (Wildman–Crippen MR) is 53.1 cm³/mol. The molecule has 0 radical (unpaired) electrons. The summed E-state index contributed by atoms with van der Waals surface area (Å²) in [6.45, 7) is 4.19. The van der Waals surface area contributed by atoms with E-state index in [1.54, 1.807) is 0 Å². The third-order valence-electron chi connectivity index (χ3n) is 2.48. The third-order valence-corrected chi connectivity index (χ3v) is 2.48. The number of nitrogens with zero attached hydrogens (tertiary/aromatic N) is 3. The summed E-state index contributed by atoms with van der Waals surface area (Å²) in [6, 6.07) is 1.86. The number of hydrogen-bond donors (Lipinski definition) is 1. The van der Waals surface area contributed by atoms with Crippen LogP contribution in [0.5, 0.6) is 0 Å². The van der Waals surface area contributed by atoms with Gasteiger partial charge in [0, 0.05) is 32.2 Å². The van der Waals surface area contributed by atoms with Gasteiger partial charge in [0.1, 0.15) is 0 Å². The zero-order valence-corrected chi connectivity index (χ0v) is 8.51. The highest BCUT2D eigenvalue weighted by Gasteiger charge is 2.22. The molecule has 82 valence electrons. The van der Waals surface area contributed by atoms with Gasteiger partial charge in [-0.1, -0.05) is 5.16 Å². The lowest BCUT2D eigenvalue weighted by molar-refractivity contribution is 0.141. The van der Waals surface area contributed by atoms with Crippen LogP contribution in [0.25, 0.3) is 0 Å². The summed E-state index contributed by atoms with van der Waals surface area (Å²) in [4.78, 5) is 14.1. The Bertz CT molecular complexity index is 355. The highest BCUT2D eigenvalue weighted by molar-refractivity contribution is 5.65. The maximum atomic E-state index is 10.7. The number of carbonyl (C=O) groups is 1. The average Bonchev–Trinajstić information content (AvgIpc) is 2.65. The lowest BCUT2D eigenvalue weighted by Gasteiger charge is -2.32. The van der Waals surface area contributed by atoms with Crippen LogP contribution in [-0.2, 0) is 0 Å². The van der Waals surface area contributed by atoms with Gasteiger partial charge in [-0.05, 0) is 6.92 Å². The molecule has 1 aromatic heterocycles. The van der Waals surface area contributed by atoms with Crippen molar-refractivity contribution in [2.24, 2.45) is 0 Å². The fraction of sp³-hybridized carbons (Fsp3) is 0.556. The Balaban J connectivity index is 1.96. The van der Waals surface area contributed by atoms with Crippen LogP contribution >= 0.6 is 0 Å². The third kappa shape index (κ3) is 2.03. The number of carboxylic acid groups (broad SMARTS) is 1. The van der Waals surface area contributed by atoms with E-state index in [1.165, 1.54) is 4.90 Å². The van der Waals surface area contributed by atoms with Crippen LogP contribution in [0, 0.1) is 6.92 Å². The Morgan fingerprint density at radius 3 is 2.60 bits per heavy atom. The number of rotatable bonds is 1. The van der Waals surface area contributed by atoms with E-state index in [0.29, 0.717) is 26.2 Å². The lowest BCUT2D eigenvalue weighted by Crippen LogP contribution is -2.48. The van der Waals surface area contributed by atoms with Crippen molar-refractivity contribution in [3.8, 4) is 0 Å². The lowest BCUT2D eigenvalue weighted by atomic mass is 10.3. The topological polar surface area (TPSA) is 69.8 Å². The van der Waals surface area contributed by atoms with Gasteiger partial charge in [0.2, 0.25) is 5.88 Å². The summed E-state index contributed by atoms with van der Waals surface area (Å²) in [6.07, 6.45) is -0.858. The normalized spacial score (nSPS) is 16.9. The molecule has 1 amide bonds. The monoisotopic (exact) mass is 211 g/mol. The molecule has 0 aromatic carbocycles. The first-order chi connectivity index (χ1) is 7.16. The van der Waals surface area contributed by atoms with Crippen molar-refractivity contribution < 1.29 is 14.4 Å². The Kier molecular flexibility index (Phi) is 2.49. The second-order valence-electron chi connectivity index (χ2n) is 3.56. The van der Waals surface area contributed by atoms with E-state index < -0.39 is 6.09 Å². The van der Waals surface area contributed by atoms with E-state index in [9.17, 15) is 4.79 Å². The number of hydrogen-bond acceptors (Lipinski definition) is 4. The van der Waals surface area contributed by atoms with Crippen molar-refractivity contribution in [3.63, 3.8) is 0 Å². The molecule has 1 aliphatic heterocycles. The molecule has 2 heterocycles. The summed E-state index contributed by atoms with van der Waals surface area (Å²) in [5.41, 5.74) is 0.839. The minimum absolute atomic E-state index is 0.509. The fourth-order valence-electron chi connectivity index (χ4n) is 1.62. The smallest absolute Gasteiger partial charge is 0.407 e. The van der Waals surface area contributed by atoms with Crippen LogP contribution in [-0.4, -0.2) is 47.4 Å². The van der Waals surface area contributed by atoms with E-state index in [-0.39, 0.29) is 0 Å². The van der Waals surface area contributed by atoms with Crippen molar-refractivity contribution in [2.75, 3.05) is 31.1 Å². The van der Waals surface area contributed by atoms with Crippen molar-refractivity contribution in [1.29, 1.82) is 0 Å². The predicted octanol–water partition coefficient (Wildman–Crippen LogP) is 0.783. The molecule has 1 fully saturated rings. The second kappa shape index (κ2) is 3.80. The Morgan fingerprint density at radius 1 is 1.47 bits per heavy atom. The van der Waals surface area contributed by atoms with Gasteiger partial charge in [-0.3, -0.25) is 0 Å². The SMILES string of the molecule is Cc1cc(N2CCN(C(=O)O)CC2)on1. The first kappa shape index (κ1) is 9.82. The van der Waals surface area contributed by atoms with Gasteiger partial charge in [-0.2, -0.15) is 0 Å². The summed E-state index contributed by atoms with van der Waals surface area (Å²) in [5, 5.41) is 12.6. The first-order valence-corrected chi connectivity index (χ1v) is 4.83. The van der Waals surface area contributed by atoms with Crippen molar-refractivity contribution in [3.05, 3.63) is 11.8 Å². The molecular formula is C9H13N3O3. The van der Waals surface area contributed by atoms with Gasteiger partial charge in [0.25, 0.3) is 0 Å². The molecule has 0 saturated carbocycles. The largest absolute Gasteiger partial charge is 0.465 e. The van der Waals surface area contributed by atoms with E-state index in [0.717, 1.165) is 11.6 Å². The Morgan fingerprint density at radius 2 is 2.13 bits per heavy atom. The van der Waals surface area contributed by atoms with Crippen molar-refractivity contribution >= 4 is 12.0 Å². The highest BCUT2D eigenvalue weighted by atomic mass is 16.5. The van der Waals surface area contributed by atoms with Gasteiger partial charge >= 0.3 is 6.09 Å². The average molecular weight is 211 g/mol. The molecule has 1 aliphatic rings. The summed E-state index contributed by atoms with van der Waals surface area (Å²) < 4.78 is 5.11. The molecular weight excluding hydrogens is 198 g/mol. The summed E-state index contributed by atoms with van der Waals surface area (Å²) in [5.74, 6) is 0.720. The zero-order chi connectivity index (χ0) is 10.8. The van der Waals surface area contributed by atoms with Gasteiger partial charge in [0.15, 0.2) is 0 Å². The van der Waals surface area contributed by atoms with Crippen molar-refractivity contribution in [1.82, 2.24) is 10.1 Å². The quantitative estimate of drug-likeness (QED) is 0.743. The molecule has 2 rings (SSSR count). The van der Waals surface area contributed by atoms with Crippen LogP contribution in [0.3, 0.4) is 0 Å². The van der Waals surface area contributed by atoms with Crippen molar-refractivity contribution in [2.45, 2.75) is 6.92 Å². The van der Waals surface area contributed by atoms with Crippen LogP contribution in [0.4, 0.5) is 10.7 Å². The summed E-state index contributed by atoms with van der Waals surface area (Å²) in [7, 11) is 0. The molecule has 15 heavy (non-hydrogen) atoms. The maximum Gasteiger partial charge on any atom is 0.407 e. The molecule has 0 aliphatic carbocycles. The standard InChI is InChI=1S/C9H13N3O3/c1-7-6-8(15-10-7)11-2-4-12(5-3-11)9(13)14/h6H,2-5H2,1H3,(H,13,14). The fourth-order valence-corrected chi connectivity index (χ4v) is 1.62. The molecule has 0 spiro atoms. The summed E-state index contributed by atoms with van der Waals surface area (Å²) >= 11 is 0. The maximum absolute atomic E-state index is 10.7.